The number of nitrogens with zero attached hydrogens (tertiary/aromatic N) is 2. The molecule has 2 rings (SSSR count). The topological polar surface area (TPSA) is 66.4 Å². The SMILES string of the molecule is CNC(=O)C(=O)NC[C@H](c1cccn1C)N1CCCC1. The number of amides is 2. The van der Waals surface area contributed by atoms with Crippen molar-refractivity contribution < 1.29 is 9.59 Å². The summed E-state index contributed by atoms with van der Waals surface area (Å²) in [5.74, 6) is -1.18. The van der Waals surface area contributed by atoms with Crippen molar-refractivity contribution in [2.45, 2.75) is 18.9 Å². The monoisotopic (exact) mass is 278 g/mol. The number of likely N-dealkylation sites (tertiary alicyclic amines) is 1. The maximum absolute atomic E-state index is 11.6. The summed E-state index contributed by atoms with van der Waals surface area (Å²) in [5, 5.41) is 5.05. The minimum absolute atomic E-state index is 0.117. The number of aryl methyl sites for hydroxylation is 1. The maximum atomic E-state index is 11.6. The van der Waals surface area contributed by atoms with Crippen LogP contribution >= 0.6 is 0 Å². The molecule has 1 fully saturated rings. The van der Waals surface area contributed by atoms with E-state index in [4.69, 9.17) is 0 Å². The number of hydrogen-bond donors (Lipinski definition) is 2. The molecule has 110 valence electrons. The molecule has 1 aliphatic rings. The molecule has 6 nitrogen and oxygen atoms in total. The van der Waals surface area contributed by atoms with Crippen molar-refractivity contribution in [3.63, 3.8) is 0 Å². The minimum Gasteiger partial charge on any atom is -0.353 e. The molecule has 2 N–H and O–H groups in total. The molecule has 1 aromatic heterocycles. The Morgan fingerprint density at radius 1 is 1.30 bits per heavy atom. The molecule has 20 heavy (non-hydrogen) atoms. The Bertz CT molecular complexity index is 477. The average molecular weight is 278 g/mol. The lowest BCUT2D eigenvalue weighted by atomic mass is 10.1. The summed E-state index contributed by atoms with van der Waals surface area (Å²) >= 11 is 0. The van der Waals surface area contributed by atoms with Gasteiger partial charge in [0.1, 0.15) is 0 Å². The summed E-state index contributed by atoms with van der Waals surface area (Å²) < 4.78 is 2.06. The minimum atomic E-state index is -0.600. The van der Waals surface area contributed by atoms with Crippen LogP contribution in [0.15, 0.2) is 18.3 Å². The molecule has 0 unspecified atom stereocenters. The van der Waals surface area contributed by atoms with Gasteiger partial charge in [0.15, 0.2) is 0 Å². The van der Waals surface area contributed by atoms with Crippen molar-refractivity contribution in [1.29, 1.82) is 0 Å². The van der Waals surface area contributed by atoms with Crippen molar-refractivity contribution in [2.24, 2.45) is 7.05 Å². The van der Waals surface area contributed by atoms with E-state index in [-0.39, 0.29) is 6.04 Å². The summed E-state index contributed by atoms with van der Waals surface area (Å²) in [4.78, 5) is 25.2. The first-order chi connectivity index (χ1) is 9.63. The fourth-order valence-electron chi connectivity index (χ4n) is 2.68. The van der Waals surface area contributed by atoms with Crippen molar-refractivity contribution in [3.8, 4) is 0 Å². The molecule has 1 aliphatic heterocycles. The van der Waals surface area contributed by atoms with Crippen LogP contribution in [0.3, 0.4) is 0 Å². The summed E-state index contributed by atoms with van der Waals surface area (Å²) in [7, 11) is 3.45. The van der Waals surface area contributed by atoms with Gasteiger partial charge in [-0.2, -0.15) is 0 Å². The number of carbonyl (C=O) groups is 2. The van der Waals surface area contributed by atoms with E-state index in [2.05, 4.69) is 26.2 Å². The molecule has 6 heteroatoms. The van der Waals surface area contributed by atoms with Crippen LogP contribution in [0.1, 0.15) is 24.6 Å². The number of aromatic nitrogens is 1. The highest BCUT2D eigenvalue weighted by molar-refractivity contribution is 6.35. The van der Waals surface area contributed by atoms with Crippen LogP contribution in [0.25, 0.3) is 0 Å². The second-order valence-electron chi connectivity index (χ2n) is 5.09. The van der Waals surface area contributed by atoms with Gasteiger partial charge in [-0.25, -0.2) is 0 Å². The first-order valence-electron chi connectivity index (χ1n) is 6.98. The van der Waals surface area contributed by atoms with E-state index >= 15 is 0 Å². The van der Waals surface area contributed by atoms with Gasteiger partial charge in [0, 0.05) is 32.5 Å². The molecule has 0 aliphatic carbocycles. The quantitative estimate of drug-likeness (QED) is 0.763. The predicted molar refractivity (Wildman–Crippen MR) is 76.0 cm³/mol. The smallest absolute Gasteiger partial charge is 0.309 e. The number of carbonyl (C=O) groups excluding carboxylic acids is 2. The second kappa shape index (κ2) is 6.56. The molecule has 0 aromatic carbocycles. The Labute approximate surface area is 119 Å². The van der Waals surface area contributed by atoms with E-state index in [1.807, 2.05) is 19.3 Å². The lowest BCUT2D eigenvalue weighted by Gasteiger charge is -2.28. The molecule has 0 spiro atoms. The van der Waals surface area contributed by atoms with Gasteiger partial charge < -0.3 is 15.2 Å². The van der Waals surface area contributed by atoms with Gasteiger partial charge in [-0.1, -0.05) is 0 Å². The van der Waals surface area contributed by atoms with Crippen molar-refractivity contribution in [1.82, 2.24) is 20.1 Å². The molecular formula is C14H22N4O2. The maximum Gasteiger partial charge on any atom is 0.309 e. The number of nitrogens with one attached hydrogen (secondary N) is 2. The molecule has 0 radical (unpaired) electrons. The molecule has 1 atom stereocenters. The normalized spacial score (nSPS) is 16.9. The fourth-order valence-corrected chi connectivity index (χ4v) is 2.68. The molecule has 0 bridgehead atoms. The molecule has 1 saturated heterocycles. The number of hydrogen-bond acceptors (Lipinski definition) is 3. The average Bonchev–Trinajstić information content (AvgIpc) is 3.10. The van der Waals surface area contributed by atoms with Gasteiger partial charge in [-0.15, -0.1) is 0 Å². The van der Waals surface area contributed by atoms with Crippen LogP contribution in [0.5, 0.6) is 0 Å². The van der Waals surface area contributed by atoms with Gasteiger partial charge >= 0.3 is 11.8 Å². The highest BCUT2D eigenvalue weighted by atomic mass is 16.2. The summed E-state index contributed by atoms with van der Waals surface area (Å²) in [6, 6.07) is 4.18. The second-order valence-corrected chi connectivity index (χ2v) is 5.09. The van der Waals surface area contributed by atoms with Gasteiger partial charge in [0.25, 0.3) is 0 Å². The predicted octanol–water partition coefficient (Wildman–Crippen LogP) is 0.0242. The van der Waals surface area contributed by atoms with Crippen LogP contribution in [0.2, 0.25) is 0 Å². The third kappa shape index (κ3) is 3.19. The van der Waals surface area contributed by atoms with E-state index in [1.54, 1.807) is 0 Å². The zero-order valence-corrected chi connectivity index (χ0v) is 12.1. The van der Waals surface area contributed by atoms with Crippen LogP contribution < -0.4 is 10.6 Å². The van der Waals surface area contributed by atoms with E-state index in [9.17, 15) is 9.59 Å². The zero-order chi connectivity index (χ0) is 14.5. The molecule has 0 saturated carbocycles. The Hall–Kier alpha value is -1.82. The fraction of sp³-hybridized carbons (Fsp3) is 0.571. The van der Waals surface area contributed by atoms with E-state index < -0.39 is 11.8 Å². The molecule has 2 heterocycles. The van der Waals surface area contributed by atoms with Gasteiger partial charge in [-0.3, -0.25) is 14.5 Å². The Morgan fingerprint density at radius 2 is 2.00 bits per heavy atom. The van der Waals surface area contributed by atoms with Gasteiger partial charge in [0.2, 0.25) is 0 Å². The lowest BCUT2D eigenvalue weighted by molar-refractivity contribution is -0.139. The number of rotatable bonds is 4. The van der Waals surface area contributed by atoms with E-state index in [0.29, 0.717) is 6.54 Å². The van der Waals surface area contributed by atoms with Gasteiger partial charge in [-0.05, 0) is 38.1 Å². The zero-order valence-electron chi connectivity index (χ0n) is 12.1. The standard InChI is InChI=1S/C14H22N4O2/c1-15-13(19)14(20)16-10-12(18-8-3-4-9-18)11-6-5-7-17(11)2/h5-7,12H,3-4,8-10H2,1-2H3,(H,15,19)(H,16,20)/t12-/m1/s1. The Kier molecular flexibility index (Phi) is 4.79. The van der Waals surface area contributed by atoms with E-state index in [0.717, 1.165) is 18.8 Å². The van der Waals surface area contributed by atoms with Crippen LogP contribution in [0.4, 0.5) is 0 Å². The largest absolute Gasteiger partial charge is 0.353 e. The molecule has 2 amide bonds. The van der Waals surface area contributed by atoms with Crippen molar-refractivity contribution >= 4 is 11.8 Å². The Balaban J connectivity index is 2.06. The summed E-state index contributed by atoms with van der Waals surface area (Å²) in [6.07, 6.45) is 4.37. The highest BCUT2D eigenvalue weighted by Crippen LogP contribution is 2.24. The molecule has 1 aromatic rings. The third-order valence-corrected chi connectivity index (χ3v) is 3.80. The van der Waals surface area contributed by atoms with Crippen LogP contribution in [-0.4, -0.2) is 48.0 Å². The van der Waals surface area contributed by atoms with Crippen molar-refractivity contribution in [3.05, 3.63) is 24.0 Å². The third-order valence-electron chi connectivity index (χ3n) is 3.80. The lowest BCUT2D eigenvalue weighted by Crippen LogP contribution is -2.43. The first-order valence-corrected chi connectivity index (χ1v) is 6.98. The number of likely N-dealkylation sites (N-methyl/N-ethyl adjacent to an activating group) is 1. The summed E-state index contributed by atoms with van der Waals surface area (Å²) in [5.41, 5.74) is 1.16. The van der Waals surface area contributed by atoms with Crippen LogP contribution in [0, 0.1) is 0 Å². The van der Waals surface area contributed by atoms with E-state index in [1.165, 1.54) is 19.9 Å². The summed E-state index contributed by atoms with van der Waals surface area (Å²) in [6.45, 7) is 2.52. The van der Waals surface area contributed by atoms with Crippen LogP contribution in [-0.2, 0) is 16.6 Å². The van der Waals surface area contributed by atoms with Gasteiger partial charge in [0.05, 0.1) is 6.04 Å². The highest BCUT2D eigenvalue weighted by Gasteiger charge is 2.26. The first kappa shape index (κ1) is 14.6. The van der Waals surface area contributed by atoms with Crippen molar-refractivity contribution in [2.75, 3.05) is 26.7 Å². The Morgan fingerprint density at radius 3 is 2.55 bits per heavy atom. The molecular weight excluding hydrogens is 256 g/mol.